The minimum atomic E-state index is -1.10. The highest BCUT2D eigenvalue weighted by molar-refractivity contribution is 5.91. The Bertz CT molecular complexity index is 515. The van der Waals surface area contributed by atoms with Gasteiger partial charge in [-0.3, -0.25) is 9.59 Å². The highest BCUT2D eigenvalue weighted by Gasteiger charge is 2.34. The third-order valence-corrected chi connectivity index (χ3v) is 3.26. The van der Waals surface area contributed by atoms with Crippen molar-refractivity contribution in [1.82, 2.24) is 10.2 Å². The number of carboxylic acids is 1. The number of amides is 2. The Hall–Kier alpha value is -2.37. The van der Waals surface area contributed by atoms with Crippen LogP contribution in [0.3, 0.4) is 0 Å². The number of nitrogens with zero attached hydrogens (tertiary/aromatic N) is 1. The summed E-state index contributed by atoms with van der Waals surface area (Å²) in [5.74, 6) is -1.73. The van der Waals surface area contributed by atoms with Gasteiger partial charge in [-0.2, -0.15) is 0 Å². The van der Waals surface area contributed by atoms with E-state index in [1.165, 1.54) is 0 Å². The summed E-state index contributed by atoms with van der Waals surface area (Å²) in [4.78, 5) is 35.7. The van der Waals surface area contributed by atoms with Crippen LogP contribution >= 0.6 is 0 Å². The summed E-state index contributed by atoms with van der Waals surface area (Å²) in [5.41, 5.74) is 1.01. The molecule has 106 valence electrons. The van der Waals surface area contributed by atoms with Gasteiger partial charge in [-0.25, -0.2) is 4.79 Å². The number of carbonyl (C=O) groups excluding carboxylic acids is 2. The van der Waals surface area contributed by atoms with Gasteiger partial charge < -0.3 is 15.3 Å². The minimum Gasteiger partial charge on any atom is -0.480 e. The average molecular weight is 276 g/mol. The van der Waals surface area contributed by atoms with Crippen LogP contribution in [0.4, 0.5) is 0 Å². The van der Waals surface area contributed by atoms with E-state index in [1.54, 1.807) is 0 Å². The first-order valence-corrected chi connectivity index (χ1v) is 6.41. The van der Waals surface area contributed by atoms with Crippen molar-refractivity contribution in [1.29, 1.82) is 0 Å². The maximum Gasteiger partial charge on any atom is 0.328 e. The van der Waals surface area contributed by atoms with Crippen molar-refractivity contribution in [3.63, 3.8) is 0 Å². The van der Waals surface area contributed by atoms with E-state index in [9.17, 15) is 14.4 Å². The molecule has 1 saturated heterocycles. The number of rotatable bonds is 4. The van der Waals surface area contributed by atoms with Crippen LogP contribution in [0.5, 0.6) is 0 Å². The van der Waals surface area contributed by atoms with Crippen LogP contribution in [0.1, 0.15) is 12.0 Å². The summed E-state index contributed by atoms with van der Waals surface area (Å²) >= 11 is 0. The van der Waals surface area contributed by atoms with E-state index in [4.69, 9.17) is 5.11 Å². The van der Waals surface area contributed by atoms with Gasteiger partial charge in [-0.1, -0.05) is 30.3 Å². The van der Waals surface area contributed by atoms with Crippen LogP contribution in [0.25, 0.3) is 0 Å². The smallest absolute Gasteiger partial charge is 0.328 e. The normalized spacial score (nSPS) is 18.5. The molecule has 1 aliphatic rings. The summed E-state index contributed by atoms with van der Waals surface area (Å²) in [6.45, 7) is -0.226. The number of hydrogen-bond acceptors (Lipinski definition) is 3. The topological polar surface area (TPSA) is 86.7 Å². The fourth-order valence-electron chi connectivity index (χ4n) is 2.16. The summed E-state index contributed by atoms with van der Waals surface area (Å²) < 4.78 is 0. The van der Waals surface area contributed by atoms with Crippen LogP contribution in [-0.4, -0.2) is 46.9 Å². The Morgan fingerprint density at radius 2 is 2.00 bits per heavy atom. The quantitative estimate of drug-likeness (QED) is 0.812. The number of aryl methyl sites for hydroxylation is 1. The average Bonchev–Trinajstić information content (AvgIpc) is 2.45. The minimum absolute atomic E-state index is 0.0365. The van der Waals surface area contributed by atoms with Crippen LogP contribution in [-0.2, 0) is 20.8 Å². The first-order chi connectivity index (χ1) is 9.58. The lowest BCUT2D eigenvalue weighted by Crippen LogP contribution is -2.59. The van der Waals surface area contributed by atoms with Gasteiger partial charge in [-0.15, -0.1) is 0 Å². The van der Waals surface area contributed by atoms with Crippen molar-refractivity contribution in [2.45, 2.75) is 18.9 Å². The first kappa shape index (κ1) is 14.0. The molecular weight excluding hydrogens is 260 g/mol. The molecule has 1 unspecified atom stereocenters. The van der Waals surface area contributed by atoms with Crippen LogP contribution in [0.2, 0.25) is 0 Å². The van der Waals surface area contributed by atoms with E-state index in [1.807, 2.05) is 30.3 Å². The molecular formula is C14H16N2O4. The molecule has 2 amide bonds. The van der Waals surface area contributed by atoms with Crippen molar-refractivity contribution in [3.8, 4) is 0 Å². The molecule has 2 rings (SSSR count). The van der Waals surface area contributed by atoms with E-state index in [0.29, 0.717) is 6.42 Å². The molecule has 0 spiro atoms. The Kier molecular flexibility index (Phi) is 4.34. The van der Waals surface area contributed by atoms with E-state index in [-0.39, 0.29) is 31.3 Å². The van der Waals surface area contributed by atoms with E-state index >= 15 is 0 Å². The number of piperazine rings is 1. The number of carbonyl (C=O) groups is 3. The van der Waals surface area contributed by atoms with E-state index in [0.717, 1.165) is 10.5 Å². The number of hydrogen-bond donors (Lipinski definition) is 2. The van der Waals surface area contributed by atoms with Gasteiger partial charge in [0.1, 0.15) is 12.6 Å². The lowest BCUT2D eigenvalue weighted by atomic mass is 10.1. The molecule has 20 heavy (non-hydrogen) atoms. The van der Waals surface area contributed by atoms with Gasteiger partial charge in [0.25, 0.3) is 0 Å². The third kappa shape index (κ3) is 3.34. The Morgan fingerprint density at radius 3 is 2.65 bits per heavy atom. The molecule has 1 aliphatic heterocycles. The largest absolute Gasteiger partial charge is 0.480 e. The fourth-order valence-corrected chi connectivity index (χ4v) is 2.16. The molecule has 6 heteroatoms. The molecule has 0 saturated carbocycles. The molecule has 6 nitrogen and oxygen atoms in total. The zero-order valence-electron chi connectivity index (χ0n) is 10.9. The maximum absolute atomic E-state index is 12.1. The van der Waals surface area contributed by atoms with E-state index < -0.39 is 12.0 Å². The molecule has 1 aromatic rings. The van der Waals surface area contributed by atoms with Gasteiger partial charge in [0, 0.05) is 13.0 Å². The zero-order chi connectivity index (χ0) is 14.5. The maximum atomic E-state index is 12.1. The van der Waals surface area contributed by atoms with Crippen molar-refractivity contribution >= 4 is 17.8 Å². The monoisotopic (exact) mass is 276 g/mol. The number of nitrogens with one attached hydrogen (secondary N) is 1. The molecule has 2 N–H and O–H groups in total. The summed E-state index contributed by atoms with van der Waals surface area (Å²) in [5, 5.41) is 11.5. The van der Waals surface area contributed by atoms with Gasteiger partial charge >= 0.3 is 5.97 Å². The van der Waals surface area contributed by atoms with Crippen LogP contribution in [0, 0.1) is 0 Å². The standard InChI is InChI=1S/C14H16N2O4/c17-12-9-16(11(8-15-12)14(19)20)13(18)7-6-10-4-2-1-3-5-10/h1-5,11H,6-9H2,(H,15,17)(H,19,20). The van der Waals surface area contributed by atoms with Gasteiger partial charge in [0.15, 0.2) is 0 Å². The van der Waals surface area contributed by atoms with Crippen LogP contribution < -0.4 is 5.32 Å². The summed E-state index contributed by atoms with van der Waals surface area (Å²) in [6, 6.07) is 8.50. The number of carboxylic acid groups (broad SMARTS) is 1. The lowest BCUT2D eigenvalue weighted by Gasteiger charge is -2.32. The highest BCUT2D eigenvalue weighted by Crippen LogP contribution is 2.10. The molecule has 1 aromatic carbocycles. The predicted molar refractivity (Wildman–Crippen MR) is 70.9 cm³/mol. The lowest BCUT2D eigenvalue weighted by molar-refractivity contribution is -0.154. The van der Waals surface area contributed by atoms with Gasteiger partial charge in [0.2, 0.25) is 11.8 Å². The molecule has 0 bridgehead atoms. The predicted octanol–water partition coefficient (Wildman–Crippen LogP) is 0.0308. The molecule has 1 atom stereocenters. The number of aliphatic carboxylic acids is 1. The van der Waals surface area contributed by atoms with Crippen molar-refractivity contribution in [3.05, 3.63) is 35.9 Å². The van der Waals surface area contributed by atoms with Gasteiger partial charge in [0.05, 0.1) is 0 Å². The molecule has 1 heterocycles. The van der Waals surface area contributed by atoms with Crippen molar-refractivity contribution in [2.24, 2.45) is 0 Å². The fraction of sp³-hybridized carbons (Fsp3) is 0.357. The molecule has 0 aromatic heterocycles. The van der Waals surface area contributed by atoms with Gasteiger partial charge in [-0.05, 0) is 12.0 Å². The number of benzene rings is 1. The third-order valence-electron chi connectivity index (χ3n) is 3.26. The van der Waals surface area contributed by atoms with E-state index in [2.05, 4.69) is 5.32 Å². The SMILES string of the molecule is O=C1CN(C(=O)CCc2ccccc2)C(C(=O)O)CN1. The zero-order valence-corrected chi connectivity index (χ0v) is 10.9. The first-order valence-electron chi connectivity index (χ1n) is 6.41. The van der Waals surface area contributed by atoms with Crippen molar-refractivity contribution < 1.29 is 19.5 Å². The second kappa shape index (κ2) is 6.18. The summed E-state index contributed by atoms with van der Waals surface area (Å²) in [7, 11) is 0. The van der Waals surface area contributed by atoms with Crippen LogP contribution in [0.15, 0.2) is 30.3 Å². The second-order valence-corrected chi connectivity index (χ2v) is 4.67. The molecule has 1 fully saturated rings. The molecule has 0 aliphatic carbocycles. The Labute approximate surface area is 116 Å². The Morgan fingerprint density at radius 1 is 1.30 bits per heavy atom. The Balaban J connectivity index is 1.98. The van der Waals surface area contributed by atoms with Crippen molar-refractivity contribution in [2.75, 3.05) is 13.1 Å². The summed E-state index contributed by atoms with van der Waals surface area (Å²) in [6.07, 6.45) is 0.727. The second-order valence-electron chi connectivity index (χ2n) is 4.67. The molecule has 0 radical (unpaired) electrons. The highest BCUT2D eigenvalue weighted by atomic mass is 16.4.